The molecule has 0 aliphatic heterocycles. The number of fused-ring (bicyclic) bond motifs is 1. The number of hydrogen-bond donors (Lipinski definition) is 1. The molecule has 2 atom stereocenters. The van der Waals surface area contributed by atoms with E-state index in [-0.39, 0.29) is 0 Å². The summed E-state index contributed by atoms with van der Waals surface area (Å²) in [6.45, 7) is 1.69. The molecule has 0 saturated heterocycles. The number of thioether (sulfide) groups is 1. The van der Waals surface area contributed by atoms with Gasteiger partial charge in [0, 0.05) is 10.9 Å². The van der Waals surface area contributed by atoms with Crippen molar-refractivity contribution in [2.75, 3.05) is 0 Å². The van der Waals surface area contributed by atoms with Crippen molar-refractivity contribution in [2.24, 2.45) is 5.73 Å². The van der Waals surface area contributed by atoms with E-state index in [9.17, 15) is 13.2 Å². The molecular formula is C14H18F3NS. The second kappa shape index (κ2) is 5.75. The number of alkyl halides is 3. The predicted octanol–water partition coefficient (Wildman–Crippen LogP) is 3.94. The largest absolute Gasteiger partial charge is 0.402 e. The fraction of sp³-hybridized carbons (Fsp3) is 0.571. The number of rotatable bonds is 4. The molecule has 0 aromatic heterocycles. The normalized spacial score (nSPS) is 18.2. The van der Waals surface area contributed by atoms with Crippen molar-refractivity contribution in [3.63, 3.8) is 0 Å². The van der Waals surface area contributed by atoms with Gasteiger partial charge in [0.2, 0.25) is 0 Å². The van der Waals surface area contributed by atoms with Gasteiger partial charge in [-0.3, -0.25) is 0 Å². The third-order valence-corrected chi connectivity index (χ3v) is 4.91. The molecule has 1 nitrogen and oxygen atoms in total. The summed E-state index contributed by atoms with van der Waals surface area (Å²) in [6, 6.07) is 4.78. The second-order valence-corrected chi connectivity index (χ2v) is 6.15. The number of hydrogen-bond acceptors (Lipinski definition) is 2. The zero-order valence-electron chi connectivity index (χ0n) is 10.8. The lowest BCUT2D eigenvalue weighted by Crippen LogP contribution is -2.42. The second-order valence-electron chi connectivity index (χ2n) is 4.94. The van der Waals surface area contributed by atoms with Crippen molar-refractivity contribution in [1.82, 2.24) is 0 Å². The van der Waals surface area contributed by atoms with Crippen molar-refractivity contribution in [3.8, 4) is 0 Å². The van der Waals surface area contributed by atoms with Crippen molar-refractivity contribution < 1.29 is 13.2 Å². The molecule has 19 heavy (non-hydrogen) atoms. The number of nitrogens with two attached hydrogens (primary N) is 1. The Morgan fingerprint density at radius 1 is 1.26 bits per heavy atom. The molecule has 2 unspecified atom stereocenters. The van der Waals surface area contributed by atoms with E-state index in [1.165, 1.54) is 11.1 Å². The van der Waals surface area contributed by atoms with Crippen molar-refractivity contribution in [2.45, 2.75) is 55.0 Å². The first-order valence-electron chi connectivity index (χ1n) is 6.52. The molecule has 0 radical (unpaired) electrons. The first-order valence-corrected chi connectivity index (χ1v) is 7.40. The van der Waals surface area contributed by atoms with Gasteiger partial charge in [0.15, 0.2) is 0 Å². The van der Waals surface area contributed by atoms with Gasteiger partial charge in [-0.25, -0.2) is 0 Å². The highest BCUT2D eigenvalue weighted by molar-refractivity contribution is 8.00. The summed E-state index contributed by atoms with van der Waals surface area (Å²) in [6.07, 6.45) is -0.834. The minimum atomic E-state index is -4.26. The van der Waals surface area contributed by atoms with Crippen molar-refractivity contribution in [3.05, 3.63) is 29.3 Å². The Morgan fingerprint density at radius 2 is 1.95 bits per heavy atom. The molecule has 0 fully saturated rings. The minimum absolute atomic E-state index is 0.322. The molecule has 2 rings (SSSR count). The van der Waals surface area contributed by atoms with Gasteiger partial charge in [-0.05, 0) is 48.9 Å². The molecule has 0 saturated carbocycles. The standard InChI is InChI=1S/C14H18F3NS/c1-2-12(18)13(14(15,16)17)19-11-7-6-9-4-3-5-10(9)8-11/h6-8,12-13H,2-5,18H2,1H3. The quantitative estimate of drug-likeness (QED) is 0.850. The van der Waals surface area contributed by atoms with E-state index in [0.29, 0.717) is 11.3 Å². The molecule has 106 valence electrons. The first kappa shape index (κ1) is 14.7. The predicted molar refractivity (Wildman–Crippen MR) is 72.4 cm³/mol. The lowest BCUT2D eigenvalue weighted by atomic mass is 10.1. The SMILES string of the molecule is CCC(N)C(Sc1ccc2c(c1)CCC2)C(F)(F)F. The summed E-state index contributed by atoms with van der Waals surface area (Å²) in [7, 11) is 0. The van der Waals surface area contributed by atoms with Crippen LogP contribution >= 0.6 is 11.8 Å². The molecule has 0 spiro atoms. The molecule has 5 heteroatoms. The Morgan fingerprint density at radius 3 is 2.58 bits per heavy atom. The molecule has 0 amide bonds. The van der Waals surface area contributed by atoms with Crippen LogP contribution in [0.25, 0.3) is 0 Å². The zero-order chi connectivity index (χ0) is 14.0. The number of aryl methyl sites for hydroxylation is 2. The van der Waals surface area contributed by atoms with Crippen LogP contribution < -0.4 is 5.73 Å². The first-order chi connectivity index (χ1) is 8.91. The summed E-state index contributed by atoms with van der Waals surface area (Å²) in [5.74, 6) is 0. The van der Waals surface area contributed by atoms with Gasteiger partial charge in [-0.1, -0.05) is 13.0 Å². The van der Waals surface area contributed by atoms with Gasteiger partial charge >= 0.3 is 6.18 Å². The molecule has 1 aromatic carbocycles. The van der Waals surface area contributed by atoms with E-state index < -0.39 is 17.5 Å². The molecule has 1 aliphatic carbocycles. The van der Waals surface area contributed by atoms with Crippen LogP contribution in [0.2, 0.25) is 0 Å². The summed E-state index contributed by atoms with van der Waals surface area (Å²) < 4.78 is 39.0. The molecule has 1 aliphatic rings. The monoisotopic (exact) mass is 289 g/mol. The minimum Gasteiger partial charge on any atom is -0.326 e. The van der Waals surface area contributed by atoms with Gasteiger partial charge in [0.05, 0.1) is 0 Å². The molecule has 2 N–H and O–H groups in total. The van der Waals surface area contributed by atoms with Gasteiger partial charge in [0.25, 0.3) is 0 Å². The maximum Gasteiger partial charge on any atom is 0.402 e. The van der Waals surface area contributed by atoms with Gasteiger partial charge in [0.1, 0.15) is 5.25 Å². The number of benzene rings is 1. The Labute approximate surface area is 115 Å². The Bertz CT molecular complexity index is 445. The molecular weight excluding hydrogens is 271 g/mol. The van der Waals surface area contributed by atoms with Crippen LogP contribution in [0, 0.1) is 0 Å². The van der Waals surface area contributed by atoms with Crippen molar-refractivity contribution in [1.29, 1.82) is 0 Å². The summed E-state index contributed by atoms with van der Waals surface area (Å²) in [5, 5.41) is -1.53. The summed E-state index contributed by atoms with van der Waals surface area (Å²) in [5.41, 5.74) is 8.08. The van der Waals surface area contributed by atoms with E-state index in [0.717, 1.165) is 31.0 Å². The van der Waals surface area contributed by atoms with Crippen LogP contribution in [0.4, 0.5) is 13.2 Å². The summed E-state index contributed by atoms with van der Waals surface area (Å²) >= 11 is 0.844. The topological polar surface area (TPSA) is 26.0 Å². The Kier molecular flexibility index (Phi) is 4.46. The summed E-state index contributed by atoms with van der Waals surface area (Å²) in [4.78, 5) is 0.673. The third-order valence-electron chi connectivity index (χ3n) is 3.52. The van der Waals surface area contributed by atoms with Gasteiger partial charge < -0.3 is 5.73 Å². The van der Waals surface area contributed by atoms with Crippen LogP contribution in [-0.2, 0) is 12.8 Å². The van der Waals surface area contributed by atoms with Crippen LogP contribution in [0.15, 0.2) is 23.1 Å². The number of halogens is 3. The van der Waals surface area contributed by atoms with Gasteiger partial charge in [-0.2, -0.15) is 13.2 Å². The zero-order valence-corrected chi connectivity index (χ0v) is 11.7. The van der Waals surface area contributed by atoms with Crippen LogP contribution in [0.5, 0.6) is 0 Å². The van der Waals surface area contributed by atoms with E-state index in [4.69, 9.17) is 5.73 Å². The fourth-order valence-corrected chi connectivity index (χ4v) is 3.53. The molecule has 1 aromatic rings. The Hall–Kier alpha value is -0.680. The Balaban J connectivity index is 2.17. The van der Waals surface area contributed by atoms with E-state index in [1.807, 2.05) is 12.1 Å². The van der Waals surface area contributed by atoms with E-state index >= 15 is 0 Å². The average Bonchev–Trinajstić information content (AvgIpc) is 2.81. The lowest BCUT2D eigenvalue weighted by Gasteiger charge is -2.25. The maximum absolute atomic E-state index is 13.0. The van der Waals surface area contributed by atoms with E-state index in [2.05, 4.69) is 0 Å². The van der Waals surface area contributed by atoms with Crippen LogP contribution in [-0.4, -0.2) is 17.5 Å². The fourth-order valence-electron chi connectivity index (χ4n) is 2.38. The lowest BCUT2D eigenvalue weighted by molar-refractivity contribution is -0.132. The van der Waals surface area contributed by atoms with E-state index in [1.54, 1.807) is 13.0 Å². The highest BCUT2D eigenvalue weighted by atomic mass is 32.2. The van der Waals surface area contributed by atoms with Gasteiger partial charge in [-0.15, -0.1) is 11.8 Å². The molecule has 0 heterocycles. The highest BCUT2D eigenvalue weighted by Gasteiger charge is 2.43. The third kappa shape index (κ3) is 3.45. The highest BCUT2D eigenvalue weighted by Crippen LogP contribution is 2.38. The molecule has 0 bridgehead atoms. The average molecular weight is 289 g/mol. The maximum atomic E-state index is 13.0. The van der Waals surface area contributed by atoms with Crippen LogP contribution in [0.3, 0.4) is 0 Å². The smallest absolute Gasteiger partial charge is 0.326 e. The van der Waals surface area contributed by atoms with Crippen LogP contribution in [0.1, 0.15) is 30.9 Å². The van der Waals surface area contributed by atoms with Crippen molar-refractivity contribution >= 4 is 11.8 Å².